The van der Waals surface area contributed by atoms with E-state index in [4.69, 9.17) is 0 Å². The van der Waals surface area contributed by atoms with Gasteiger partial charge < -0.3 is 4.57 Å². The quantitative estimate of drug-likeness (QED) is 0.664. The Bertz CT molecular complexity index is 992. The molecule has 1 saturated heterocycles. The van der Waals surface area contributed by atoms with Crippen LogP contribution in [-0.2, 0) is 6.54 Å². The fourth-order valence-corrected chi connectivity index (χ4v) is 4.47. The molecule has 3 aliphatic rings. The van der Waals surface area contributed by atoms with Crippen molar-refractivity contribution in [3.8, 4) is 0 Å². The molecule has 3 aliphatic heterocycles. The molecule has 6 rings (SSSR count). The van der Waals surface area contributed by atoms with Crippen molar-refractivity contribution in [3.05, 3.63) is 64.9 Å². The maximum Gasteiger partial charge on any atom is 0.123 e. The summed E-state index contributed by atoms with van der Waals surface area (Å²) in [5, 5.41) is 1.06. The number of rotatable bonds is 2. The highest BCUT2D eigenvalue weighted by atomic mass is 19.1. The minimum atomic E-state index is -0.157. The van der Waals surface area contributed by atoms with E-state index in [0.717, 1.165) is 41.8 Å². The van der Waals surface area contributed by atoms with E-state index in [1.54, 1.807) is 12.1 Å². The highest BCUT2D eigenvalue weighted by Crippen LogP contribution is 2.41. The van der Waals surface area contributed by atoms with Gasteiger partial charge in [0, 0.05) is 41.6 Å². The normalized spacial score (nSPS) is 22.1. The van der Waals surface area contributed by atoms with Gasteiger partial charge in [0.15, 0.2) is 0 Å². The summed E-state index contributed by atoms with van der Waals surface area (Å²) in [6, 6.07) is 9.30. The van der Waals surface area contributed by atoms with Gasteiger partial charge in [-0.1, -0.05) is 6.07 Å². The van der Waals surface area contributed by atoms with Gasteiger partial charge in [0.25, 0.3) is 0 Å². The molecule has 3 nitrogen and oxygen atoms in total. The van der Waals surface area contributed by atoms with E-state index in [1.165, 1.54) is 24.1 Å². The second kappa shape index (κ2) is 6.06. The molecule has 0 spiro atoms. The first-order valence-corrected chi connectivity index (χ1v) is 9.34. The van der Waals surface area contributed by atoms with E-state index in [9.17, 15) is 4.39 Å². The van der Waals surface area contributed by atoms with Crippen LogP contribution >= 0.6 is 0 Å². The lowest BCUT2D eigenvalue weighted by atomic mass is 9.94. The molecule has 3 aromatic rings. The van der Waals surface area contributed by atoms with Crippen molar-refractivity contribution >= 4 is 23.2 Å². The van der Waals surface area contributed by atoms with Crippen LogP contribution in [0.15, 0.2) is 36.5 Å². The summed E-state index contributed by atoms with van der Waals surface area (Å²) < 4.78 is 16.3. The average molecular weight is 347 g/mol. The first-order chi connectivity index (χ1) is 12.7. The second-order valence-corrected chi connectivity index (χ2v) is 7.49. The third-order valence-electron chi connectivity index (χ3n) is 5.82. The molecule has 26 heavy (non-hydrogen) atoms. The van der Waals surface area contributed by atoms with Gasteiger partial charge in [0.05, 0.1) is 5.52 Å². The number of benzene rings is 1. The van der Waals surface area contributed by atoms with Crippen LogP contribution in [0.1, 0.15) is 41.3 Å². The predicted molar refractivity (Wildman–Crippen MR) is 103 cm³/mol. The van der Waals surface area contributed by atoms with Gasteiger partial charge in [0.1, 0.15) is 5.82 Å². The topological polar surface area (TPSA) is 21.1 Å². The Morgan fingerprint density at radius 2 is 2.00 bits per heavy atom. The molecule has 0 saturated carbocycles. The Hall–Kier alpha value is -2.46. The minimum absolute atomic E-state index is 0.157. The van der Waals surface area contributed by atoms with Crippen LogP contribution in [-0.4, -0.2) is 27.5 Å². The zero-order valence-corrected chi connectivity index (χ0v) is 15.0. The SMILES string of the molecule is Cc1ccc(/C=C/n2c3c(c4cc(F)ccc42)CN2CCC3CC2)cn1. The van der Waals surface area contributed by atoms with E-state index in [1.807, 2.05) is 25.3 Å². The van der Waals surface area contributed by atoms with Crippen LogP contribution in [0.2, 0.25) is 0 Å². The number of hydrogen-bond acceptors (Lipinski definition) is 2. The van der Waals surface area contributed by atoms with Crippen molar-refractivity contribution in [2.75, 3.05) is 13.1 Å². The number of aromatic nitrogens is 2. The van der Waals surface area contributed by atoms with Crippen LogP contribution in [0.3, 0.4) is 0 Å². The second-order valence-electron chi connectivity index (χ2n) is 7.49. The van der Waals surface area contributed by atoms with Gasteiger partial charge in [-0.15, -0.1) is 0 Å². The lowest BCUT2D eigenvalue weighted by Gasteiger charge is -2.27. The maximum absolute atomic E-state index is 14.0. The molecule has 5 heterocycles. The summed E-state index contributed by atoms with van der Waals surface area (Å²) in [7, 11) is 0. The molecule has 4 heteroatoms. The number of halogens is 1. The van der Waals surface area contributed by atoms with Crippen molar-refractivity contribution in [1.29, 1.82) is 0 Å². The molecule has 0 radical (unpaired) electrons. The predicted octanol–water partition coefficient (Wildman–Crippen LogP) is 4.80. The molecule has 1 fully saturated rings. The number of fused-ring (bicyclic) bond motifs is 3. The summed E-state index contributed by atoms with van der Waals surface area (Å²) >= 11 is 0. The standard InChI is InChI=1S/C22H22FN3/c1-15-2-3-16(13-24-15)6-11-26-21-5-4-18(23)12-19(21)20-14-25-9-7-17(8-10-25)22(20)26/h2-6,11-13,17H,7-10,14H2,1H3/b11-6+. The Balaban J connectivity index is 1.69. The largest absolute Gasteiger partial charge is 0.320 e. The van der Waals surface area contributed by atoms with Gasteiger partial charge >= 0.3 is 0 Å². The van der Waals surface area contributed by atoms with E-state index in [0.29, 0.717) is 5.92 Å². The minimum Gasteiger partial charge on any atom is -0.320 e. The van der Waals surface area contributed by atoms with Gasteiger partial charge in [-0.3, -0.25) is 9.88 Å². The summed E-state index contributed by atoms with van der Waals surface area (Å²) in [6.07, 6.45) is 8.51. The molecule has 0 aliphatic carbocycles. The van der Waals surface area contributed by atoms with Crippen LogP contribution in [0, 0.1) is 12.7 Å². The number of piperidine rings is 1. The maximum atomic E-state index is 14.0. The monoisotopic (exact) mass is 347 g/mol. The molecule has 2 bridgehead atoms. The first kappa shape index (κ1) is 15.8. The number of hydrogen-bond donors (Lipinski definition) is 0. The molecule has 0 unspecified atom stereocenters. The van der Waals surface area contributed by atoms with Crippen molar-refractivity contribution in [2.45, 2.75) is 32.2 Å². The highest BCUT2D eigenvalue weighted by Gasteiger charge is 2.32. The van der Waals surface area contributed by atoms with Crippen molar-refractivity contribution in [3.63, 3.8) is 0 Å². The molecular weight excluding hydrogens is 325 g/mol. The lowest BCUT2D eigenvalue weighted by Crippen LogP contribution is -2.29. The zero-order chi connectivity index (χ0) is 17.7. The fourth-order valence-electron chi connectivity index (χ4n) is 4.47. The lowest BCUT2D eigenvalue weighted by molar-refractivity contribution is 0.220. The van der Waals surface area contributed by atoms with Gasteiger partial charge in [-0.2, -0.15) is 0 Å². The van der Waals surface area contributed by atoms with Crippen LogP contribution in [0.25, 0.3) is 23.2 Å². The molecule has 2 aromatic heterocycles. The third kappa shape index (κ3) is 2.56. The Labute approximate surface area is 152 Å². The van der Waals surface area contributed by atoms with Crippen molar-refractivity contribution < 1.29 is 4.39 Å². The van der Waals surface area contributed by atoms with Crippen LogP contribution in [0.4, 0.5) is 4.39 Å². The van der Waals surface area contributed by atoms with Crippen molar-refractivity contribution in [2.24, 2.45) is 0 Å². The summed E-state index contributed by atoms with van der Waals surface area (Å²) in [5.74, 6) is 0.399. The van der Waals surface area contributed by atoms with Gasteiger partial charge in [-0.05, 0) is 74.3 Å². The Morgan fingerprint density at radius 3 is 2.77 bits per heavy atom. The third-order valence-corrected chi connectivity index (χ3v) is 5.82. The molecule has 0 N–H and O–H groups in total. The fraction of sp³-hybridized carbons (Fsp3) is 0.318. The molecular formula is C22H22FN3. The van der Waals surface area contributed by atoms with Crippen LogP contribution < -0.4 is 0 Å². The summed E-state index contributed by atoms with van der Waals surface area (Å²) in [4.78, 5) is 6.88. The first-order valence-electron chi connectivity index (χ1n) is 9.34. The van der Waals surface area contributed by atoms with Crippen molar-refractivity contribution in [1.82, 2.24) is 14.5 Å². The molecule has 0 atom stereocenters. The van der Waals surface area contributed by atoms with Gasteiger partial charge in [0.2, 0.25) is 0 Å². The van der Waals surface area contributed by atoms with E-state index < -0.39 is 0 Å². The highest BCUT2D eigenvalue weighted by molar-refractivity contribution is 5.89. The van der Waals surface area contributed by atoms with E-state index >= 15 is 0 Å². The van der Waals surface area contributed by atoms with E-state index in [2.05, 4.69) is 32.8 Å². The summed E-state index contributed by atoms with van der Waals surface area (Å²) in [5.41, 5.74) is 5.88. The Morgan fingerprint density at radius 1 is 1.15 bits per heavy atom. The van der Waals surface area contributed by atoms with Crippen LogP contribution in [0.5, 0.6) is 0 Å². The molecule has 132 valence electrons. The van der Waals surface area contributed by atoms with E-state index in [-0.39, 0.29) is 5.82 Å². The van der Waals surface area contributed by atoms with Gasteiger partial charge in [-0.25, -0.2) is 4.39 Å². The zero-order valence-electron chi connectivity index (χ0n) is 15.0. The Kier molecular flexibility index (Phi) is 3.68. The number of nitrogens with zero attached hydrogens (tertiary/aromatic N) is 3. The smallest absolute Gasteiger partial charge is 0.123 e. The molecule has 0 amide bonds. The average Bonchev–Trinajstić information content (AvgIpc) is 2.78. The number of aryl methyl sites for hydroxylation is 1. The number of pyridine rings is 1. The summed E-state index contributed by atoms with van der Waals surface area (Å²) in [6.45, 7) is 5.20. The molecule has 1 aromatic carbocycles.